The zero-order valence-electron chi connectivity index (χ0n) is 18.9. The van der Waals surface area contributed by atoms with Crippen LogP contribution in [0.15, 0.2) is 84.8 Å². The minimum absolute atomic E-state index is 0.240. The number of amides is 2. The highest BCUT2D eigenvalue weighted by molar-refractivity contribution is 6.35. The maximum atomic E-state index is 13.6. The van der Waals surface area contributed by atoms with E-state index >= 15 is 0 Å². The standard InChI is InChI=1S/C27H27N3O3/c1-3-29(18-15-20-13-16-28-17-14-20)25-24(22-9-11-23(33-2)12-10-22)26(31)30(27(25)32)19-21-7-5-4-6-8-21/h4-14,16-17H,3,15,18-19H2,1-2H3. The highest BCUT2D eigenvalue weighted by Gasteiger charge is 2.41. The second-order valence-electron chi connectivity index (χ2n) is 7.82. The van der Waals surface area contributed by atoms with Gasteiger partial charge in [-0.2, -0.15) is 0 Å². The predicted octanol–water partition coefficient (Wildman–Crippen LogP) is 3.93. The molecule has 0 bridgehead atoms. The van der Waals surface area contributed by atoms with Crippen molar-refractivity contribution in [2.24, 2.45) is 0 Å². The molecule has 0 spiro atoms. The Hall–Kier alpha value is -3.93. The molecule has 1 aliphatic rings. The number of carbonyl (C=O) groups excluding carboxylic acids is 2. The van der Waals surface area contributed by atoms with Gasteiger partial charge in [0.05, 0.1) is 19.2 Å². The highest BCUT2D eigenvalue weighted by Crippen LogP contribution is 2.33. The van der Waals surface area contributed by atoms with E-state index in [2.05, 4.69) is 4.98 Å². The van der Waals surface area contributed by atoms with Gasteiger partial charge in [-0.1, -0.05) is 42.5 Å². The maximum absolute atomic E-state index is 13.6. The van der Waals surface area contributed by atoms with Crippen LogP contribution in [0.5, 0.6) is 5.75 Å². The largest absolute Gasteiger partial charge is 0.497 e. The Morgan fingerprint density at radius 3 is 2.21 bits per heavy atom. The molecule has 2 aromatic carbocycles. The summed E-state index contributed by atoms with van der Waals surface area (Å²) < 4.78 is 5.27. The molecule has 2 heterocycles. The van der Waals surface area contributed by atoms with Gasteiger partial charge in [-0.25, -0.2) is 0 Å². The first-order valence-corrected chi connectivity index (χ1v) is 11.0. The monoisotopic (exact) mass is 441 g/mol. The lowest BCUT2D eigenvalue weighted by Crippen LogP contribution is -2.35. The molecule has 6 nitrogen and oxygen atoms in total. The predicted molar refractivity (Wildman–Crippen MR) is 127 cm³/mol. The number of methoxy groups -OCH3 is 1. The number of ether oxygens (including phenoxy) is 1. The fourth-order valence-corrected chi connectivity index (χ4v) is 4.03. The van der Waals surface area contributed by atoms with Crippen LogP contribution in [0.4, 0.5) is 0 Å². The van der Waals surface area contributed by atoms with E-state index < -0.39 is 0 Å². The molecule has 0 aliphatic carbocycles. The van der Waals surface area contributed by atoms with Gasteiger partial charge in [0, 0.05) is 25.5 Å². The van der Waals surface area contributed by atoms with Gasteiger partial charge in [-0.3, -0.25) is 19.5 Å². The molecular formula is C27H27N3O3. The summed E-state index contributed by atoms with van der Waals surface area (Å²) in [5, 5.41) is 0. The number of nitrogens with zero attached hydrogens (tertiary/aromatic N) is 3. The highest BCUT2D eigenvalue weighted by atomic mass is 16.5. The summed E-state index contributed by atoms with van der Waals surface area (Å²) in [4.78, 5) is 34.6. The third-order valence-corrected chi connectivity index (χ3v) is 5.82. The average molecular weight is 442 g/mol. The van der Waals surface area contributed by atoms with Crippen LogP contribution in [-0.2, 0) is 22.6 Å². The average Bonchev–Trinajstić information content (AvgIpc) is 3.11. The first-order chi connectivity index (χ1) is 16.1. The second kappa shape index (κ2) is 10.1. The van der Waals surface area contributed by atoms with E-state index in [4.69, 9.17) is 4.74 Å². The van der Waals surface area contributed by atoms with E-state index in [1.807, 2.05) is 78.6 Å². The summed E-state index contributed by atoms with van der Waals surface area (Å²) in [6.45, 7) is 3.47. The molecule has 1 aliphatic heterocycles. The Morgan fingerprint density at radius 1 is 0.879 bits per heavy atom. The quantitative estimate of drug-likeness (QED) is 0.471. The normalized spacial score (nSPS) is 13.6. The van der Waals surface area contributed by atoms with Gasteiger partial charge in [0.2, 0.25) is 0 Å². The van der Waals surface area contributed by atoms with Crippen LogP contribution >= 0.6 is 0 Å². The summed E-state index contributed by atoms with van der Waals surface area (Å²) in [7, 11) is 1.60. The first kappa shape index (κ1) is 22.3. The molecule has 168 valence electrons. The summed E-state index contributed by atoms with van der Waals surface area (Å²) in [5.74, 6) is 0.168. The molecule has 1 aromatic heterocycles. The number of carbonyl (C=O) groups is 2. The molecule has 2 amide bonds. The van der Waals surface area contributed by atoms with Crippen LogP contribution in [0.25, 0.3) is 5.57 Å². The number of pyridine rings is 1. The molecule has 6 heteroatoms. The Morgan fingerprint density at radius 2 is 1.58 bits per heavy atom. The van der Waals surface area contributed by atoms with Crippen molar-refractivity contribution in [3.05, 3.63) is 102 Å². The van der Waals surface area contributed by atoms with Crippen molar-refractivity contribution < 1.29 is 14.3 Å². The molecule has 0 unspecified atom stereocenters. The van der Waals surface area contributed by atoms with Crippen molar-refractivity contribution in [2.45, 2.75) is 19.9 Å². The van der Waals surface area contributed by atoms with Crippen LogP contribution < -0.4 is 4.74 Å². The van der Waals surface area contributed by atoms with Crippen molar-refractivity contribution in [3.8, 4) is 5.75 Å². The third kappa shape index (κ3) is 4.80. The van der Waals surface area contributed by atoms with Gasteiger partial charge in [-0.15, -0.1) is 0 Å². The maximum Gasteiger partial charge on any atom is 0.278 e. The lowest BCUT2D eigenvalue weighted by Gasteiger charge is -2.25. The van der Waals surface area contributed by atoms with Crippen molar-refractivity contribution in [2.75, 3.05) is 20.2 Å². The molecule has 0 fully saturated rings. The fraction of sp³-hybridized carbons (Fsp3) is 0.222. The van der Waals surface area contributed by atoms with E-state index in [0.29, 0.717) is 35.7 Å². The topological polar surface area (TPSA) is 62.7 Å². The van der Waals surface area contributed by atoms with Crippen molar-refractivity contribution >= 4 is 17.4 Å². The smallest absolute Gasteiger partial charge is 0.278 e. The lowest BCUT2D eigenvalue weighted by atomic mass is 10.0. The first-order valence-electron chi connectivity index (χ1n) is 11.0. The molecule has 0 atom stereocenters. The fourth-order valence-electron chi connectivity index (χ4n) is 4.03. The molecule has 0 saturated carbocycles. The van der Waals surface area contributed by atoms with E-state index in [9.17, 15) is 9.59 Å². The second-order valence-corrected chi connectivity index (χ2v) is 7.82. The van der Waals surface area contributed by atoms with Gasteiger partial charge in [-0.05, 0) is 54.3 Å². The number of hydrogen-bond donors (Lipinski definition) is 0. The van der Waals surface area contributed by atoms with Crippen LogP contribution in [0, 0.1) is 0 Å². The zero-order chi connectivity index (χ0) is 23.2. The van der Waals surface area contributed by atoms with Crippen molar-refractivity contribution in [1.82, 2.24) is 14.8 Å². The van der Waals surface area contributed by atoms with Crippen molar-refractivity contribution in [3.63, 3.8) is 0 Å². The number of benzene rings is 2. The third-order valence-electron chi connectivity index (χ3n) is 5.82. The Labute approximate surface area is 194 Å². The van der Waals surface area contributed by atoms with E-state index in [1.54, 1.807) is 19.5 Å². The Bertz CT molecular complexity index is 1140. The molecular weight excluding hydrogens is 414 g/mol. The lowest BCUT2D eigenvalue weighted by molar-refractivity contribution is -0.138. The van der Waals surface area contributed by atoms with Gasteiger partial charge in [0.25, 0.3) is 11.8 Å². The van der Waals surface area contributed by atoms with Gasteiger partial charge >= 0.3 is 0 Å². The van der Waals surface area contributed by atoms with Crippen LogP contribution in [0.1, 0.15) is 23.6 Å². The molecule has 0 N–H and O–H groups in total. The molecule has 3 aromatic rings. The number of imide groups is 1. The summed E-state index contributed by atoms with van der Waals surface area (Å²) in [5.41, 5.74) is 3.65. The molecule has 0 saturated heterocycles. The molecule has 0 radical (unpaired) electrons. The minimum Gasteiger partial charge on any atom is -0.497 e. The SMILES string of the molecule is CCN(CCc1ccncc1)C1=C(c2ccc(OC)cc2)C(=O)N(Cc2ccccc2)C1=O. The Balaban J connectivity index is 1.70. The Kier molecular flexibility index (Phi) is 6.83. The summed E-state index contributed by atoms with van der Waals surface area (Å²) in [6, 6.07) is 20.8. The number of rotatable bonds is 9. The van der Waals surface area contributed by atoms with Gasteiger partial charge in [0.15, 0.2) is 0 Å². The summed E-state index contributed by atoms with van der Waals surface area (Å²) in [6.07, 6.45) is 4.27. The number of likely N-dealkylation sites (N-methyl/N-ethyl adjacent to an activating group) is 1. The van der Waals surface area contributed by atoms with Crippen LogP contribution in [0.3, 0.4) is 0 Å². The van der Waals surface area contributed by atoms with Crippen LogP contribution in [0.2, 0.25) is 0 Å². The molecule has 33 heavy (non-hydrogen) atoms. The van der Waals surface area contributed by atoms with E-state index in [1.165, 1.54) is 4.90 Å². The number of hydrogen-bond acceptors (Lipinski definition) is 5. The minimum atomic E-state index is -0.272. The van der Waals surface area contributed by atoms with E-state index in [-0.39, 0.29) is 18.4 Å². The van der Waals surface area contributed by atoms with Gasteiger partial charge < -0.3 is 9.64 Å². The van der Waals surface area contributed by atoms with Gasteiger partial charge in [0.1, 0.15) is 11.4 Å². The van der Waals surface area contributed by atoms with Crippen molar-refractivity contribution in [1.29, 1.82) is 0 Å². The summed E-state index contributed by atoms with van der Waals surface area (Å²) >= 11 is 0. The van der Waals surface area contributed by atoms with E-state index in [0.717, 1.165) is 17.5 Å². The zero-order valence-corrected chi connectivity index (χ0v) is 18.9. The number of aromatic nitrogens is 1. The van der Waals surface area contributed by atoms with Crippen LogP contribution in [-0.4, -0.2) is 46.8 Å². The molecule has 4 rings (SSSR count).